The maximum atomic E-state index is 12.9. The highest BCUT2D eigenvalue weighted by molar-refractivity contribution is 7.85. The van der Waals surface area contributed by atoms with Crippen molar-refractivity contribution >= 4 is 45.2 Å². The molecule has 0 bridgehead atoms. The van der Waals surface area contributed by atoms with Crippen LogP contribution >= 0.6 is 11.6 Å². The number of methoxy groups -OCH3 is 1. The largest absolute Gasteiger partial charge is 0.468 e. The smallest absolute Gasteiger partial charge is 0.318 e. The number of aromatic nitrogens is 1. The summed E-state index contributed by atoms with van der Waals surface area (Å²) >= 11 is 6.34. The van der Waals surface area contributed by atoms with Crippen molar-refractivity contribution in [1.29, 1.82) is 0 Å². The molecule has 0 aliphatic heterocycles. The Bertz CT molecular complexity index is 1140. The first-order valence-corrected chi connectivity index (χ1v) is 11.0. The summed E-state index contributed by atoms with van der Waals surface area (Å²) in [5.41, 5.74) is 3.30. The summed E-state index contributed by atoms with van der Waals surface area (Å²) in [4.78, 5) is 24.7. The molecule has 6 nitrogen and oxygen atoms in total. The first-order valence-electron chi connectivity index (χ1n) is 9.33. The van der Waals surface area contributed by atoms with Crippen LogP contribution in [0.5, 0.6) is 0 Å². The van der Waals surface area contributed by atoms with Crippen molar-refractivity contribution < 1.29 is 18.5 Å². The third-order valence-electron chi connectivity index (χ3n) is 4.96. The number of aryl methyl sites for hydroxylation is 2. The summed E-state index contributed by atoms with van der Waals surface area (Å²) in [5.74, 6) is -0.929. The Morgan fingerprint density at radius 3 is 2.50 bits per heavy atom. The van der Waals surface area contributed by atoms with Gasteiger partial charge in [-0.1, -0.05) is 23.7 Å². The van der Waals surface area contributed by atoms with Crippen LogP contribution in [-0.4, -0.2) is 33.5 Å². The third kappa shape index (κ3) is 4.57. The van der Waals surface area contributed by atoms with E-state index in [2.05, 4.69) is 10.1 Å². The van der Waals surface area contributed by atoms with Gasteiger partial charge in [0.2, 0.25) is 0 Å². The van der Waals surface area contributed by atoms with Gasteiger partial charge in [-0.05, 0) is 55.3 Å². The van der Waals surface area contributed by atoms with Gasteiger partial charge in [-0.2, -0.15) is 0 Å². The number of esters is 1. The molecule has 0 fully saturated rings. The van der Waals surface area contributed by atoms with E-state index in [9.17, 15) is 13.8 Å². The molecule has 2 aromatic carbocycles. The maximum absolute atomic E-state index is 12.9. The number of ether oxygens (including phenoxy) is 1. The zero-order chi connectivity index (χ0) is 22.0. The molecule has 158 valence electrons. The molecule has 0 unspecified atom stereocenters. The van der Waals surface area contributed by atoms with E-state index in [0.717, 1.165) is 22.0 Å². The minimum absolute atomic E-state index is 0.189. The molecule has 0 saturated heterocycles. The minimum atomic E-state index is -1.47. The summed E-state index contributed by atoms with van der Waals surface area (Å²) in [6.07, 6.45) is 0. The number of nitrogens with one attached hydrogen (secondary N) is 1. The van der Waals surface area contributed by atoms with Crippen LogP contribution in [0.2, 0.25) is 5.02 Å². The van der Waals surface area contributed by atoms with Crippen LogP contribution < -0.4 is 5.32 Å². The summed E-state index contributed by atoms with van der Waals surface area (Å²) in [6.45, 7) is 3.83. The zero-order valence-electron chi connectivity index (χ0n) is 17.2. The molecule has 0 aliphatic rings. The Balaban J connectivity index is 1.75. The Labute approximate surface area is 182 Å². The Morgan fingerprint density at radius 1 is 1.20 bits per heavy atom. The number of rotatable bonds is 6. The standard InChI is InChI=1S/C22H23ClN2O4S/c1-13-9-18(23)17-11-20(25(3)19(17)10-13)22(27)24-14(2)15-5-7-16(8-6-15)30(28)12-21(26)29-4/h5-11,14H,12H2,1-4H3,(H,24,27)/t14-,30-/m1/s1. The van der Waals surface area contributed by atoms with Gasteiger partial charge in [0.25, 0.3) is 5.91 Å². The third-order valence-corrected chi connectivity index (χ3v) is 6.56. The van der Waals surface area contributed by atoms with Crippen LogP contribution in [0.25, 0.3) is 10.9 Å². The van der Waals surface area contributed by atoms with E-state index in [1.807, 2.05) is 37.6 Å². The molecular weight excluding hydrogens is 424 g/mol. The molecule has 1 N–H and O–H groups in total. The molecule has 0 spiro atoms. The average Bonchev–Trinajstić information content (AvgIpc) is 3.05. The molecular formula is C22H23ClN2O4S. The predicted molar refractivity (Wildman–Crippen MR) is 118 cm³/mol. The Kier molecular flexibility index (Phi) is 6.63. The topological polar surface area (TPSA) is 77.4 Å². The highest BCUT2D eigenvalue weighted by Crippen LogP contribution is 2.28. The summed E-state index contributed by atoms with van der Waals surface area (Å²) < 4.78 is 18.5. The number of carbonyl (C=O) groups is 2. The van der Waals surface area contributed by atoms with Crippen LogP contribution in [0.1, 0.15) is 34.6 Å². The molecule has 0 saturated carbocycles. The van der Waals surface area contributed by atoms with Crippen molar-refractivity contribution in [1.82, 2.24) is 9.88 Å². The van der Waals surface area contributed by atoms with Gasteiger partial charge in [0.05, 0.1) is 34.5 Å². The van der Waals surface area contributed by atoms with Crippen molar-refractivity contribution in [2.45, 2.75) is 24.8 Å². The second-order valence-electron chi connectivity index (χ2n) is 7.10. The second kappa shape index (κ2) is 9.02. The van der Waals surface area contributed by atoms with Crippen LogP contribution in [0.3, 0.4) is 0 Å². The molecule has 1 aromatic heterocycles. The van der Waals surface area contributed by atoms with Gasteiger partial charge < -0.3 is 14.6 Å². The van der Waals surface area contributed by atoms with Crippen LogP contribution in [-0.2, 0) is 27.4 Å². The van der Waals surface area contributed by atoms with E-state index < -0.39 is 16.8 Å². The molecule has 0 radical (unpaired) electrons. The lowest BCUT2D eigenvalue weighted by Gasteiger charge is -2.15. The predicted octanol–water partition coefficient (Wildman–Crippen LogP) is 3.91. The molecule has 3 rings (SSSR count). The van der Waals surface area contributed by atoms with E-state index in [4.69, 9.17) is 11.6 Å². The Morgan fingerprint density at radius 2 is 1.87 bits per heavy atom. The van der Waals surface area contributed by atoms with Crippen molar-refractivity contribution in [3.8, 4) is 0 Å². The van der Waals surface area contributed by atoms with Crippen LogP contribution in [0.15, 0.2) is 47.4 Å². The second-order valence-corrected chi connectivity index (χ2v) is 8.96. The van der Waals surface area contributed by atoms with Crippen LogP contribution in [0, 0.1) is 6.92 Å². The van der Waals surface area contributed by atoms with E-state index in [-0.39, 0.29) is 17.7 Å². The number of benzene rings is 2. The number of halogens is 1. The van der Waals surface area contributed by atoms with Gasteiger partial charge in [-0.3, -0.25) is 13.8 Å². The van der Waals surface area contributed by atoms with E-state index in [1.165, 1.54) is 7.11 Å². The summed E-state index contributed by atoms with van der Waals surface area (Å²) in [5, 5.41) is 4.43. The van der Waals surface area contributed by atoms with Crippen molar-refractivity contribution in [2.75, 3.05) is 12.9 Å². The highest BCUT2D eigenvalue weighted by atomic mass is 35.5. The molecule has 0 aliphatic carbocycles. The molecule has 3 aromatic rings. The zero-order valence-corrected chi connectivity index (χ0v) is 18.8. The first-order chi connectivity index (χ1) is 14.2. The number of amides is 1. The van der Waals surface area contributed by atoms with Gasteiger partial charge in [0.1, 0.15) is 11.4 Å². The van der Waals surface area contributed by atoms with Gasteiger partial charge >= 0.3 is 5.97 Å². The lowest BCUT2D eigenvalue weighted by atomic mass is 10.1. The highest BCUT2D eigenvalue weighted by Gasteiger charge is 2.18. The van der Waals surface area contributed by atoms with Gasteiger partial charge in [-0.25, -0.2) is 0 Å². The SMILES string of the molecule is COC(=O)C[S@@](=O)c1ccc([C@@H](C)NC(=O)c2cc3c(Cl)cc(C)cc3n2C)cc1. The van der Waals surface area contributed by atoms with E-state index in [0.29, 0.717) is 15.6 Å². The molecule has 30 heavy (non-hydrogen) atoms. The molecule has 1 heterocycles. The number of hydrogen-bond acceptors (Lipinski definition) is 4. The van der Waals surface area contributed by atoms with Gasteiger partial charge in [-0.15, -0.1) is 0 Å². The normalized spacial score (nSPS) is 13.1. The lowest BCUT2D eigenvalue weighted by Crippen LogP contribution is -2.28. The van der Waals surface area contributed by atoms with Crippen molar-refractivity contribution in [3.63, 3.8) is 0 Å². The quantitative estimate of drug-likeness (QED) is 0.582. The molecule has 2 atom stereocenters. The fraction of sp³-hybridized carbons (Fsp3) is 0.273. The number of hydrogen-bond donors (Lipinski definition) is 1. The molecule has 1 amide bonds. The first kappa shape index (κ1) is 22.1. The fourth-order valence-electron chi connectivity index (χ4n) is 3.25. The van der Waals surface area contributed by atoms with Gasteiger partial charge in [0, 0.05) is 17.3 Å². The lowest BCUT2D eigenvalue weighted by molar-refractivity contribution is -0.137. The summed E-state index contributed by atoms with van der Waals surface area (Å²) in [7, 11) is 1.63. The monoisotopic (exact) mass is 446 g/mol. The van der Waals surface area contributed by atoms with Crippen LogP contribution in [0.4, 0.5) is 0 Å². The maximum Gasteiger partial charge on any atom is 0.318 e. The van der Waals surface area contributed by atoms with E-state index >= 15 is 0 Å². The van der Waals surface area contributed by atoms with Crippen molar-refractivity contribution in [2.24, 2.45) is 7.05 Å². The number of nitrogens with zero attached hydrogens (tertiary/aromatic N) is 1. The Hall–Kier alpha value is -2.64. The van der Waals surface area contributed by atoms with Gasteiger partial charge in [0.15, 0.2) is 0 Å². The number of carbonyl (C=O) groups excluding carboxylic acids is 2. The summed E-state index contributed by atoms with van der Waals surface area (Å²) in [6, 6.07) is 12.4. The minimum Gasteiger partial charge on any atom is -0.468 e. The fourth-order valence-corrected chi connectivity index (χ4v) is 4.51. The average molecular weight is 447 g/mol. The van der Waals surface area contributed by atoms with Crippen molar-refractivity contribution in [3.05, 3.63) is 64.3 Å². The number of fused-ring (bicyclic) bond motifs is 1. The molecule has 8 heteroatoms. The van der Waals surface area contributed by atoms with E-state index in [1.54, 1.807) is 30.3 Å².